The van der Waals surface area contributed by atoms with Crippen LogP contribution in [0.25, 0.3) is 0 Å². The number of hydrogen-bond donors (Lipinski definition) is 3. The molecule has 0 radical (unpaired) electrons. The Balaban J connectivity index is 2.46. The molecular formula is C10H19N5O3. The van der Waals surface area contributed by atoms with Crippen molar-refractivity contribution in [3.63, 3.8) is 0 Å². The highest BCUT2D eigenvalue weighted by Gasteiger charge is 2.06. The van der Waals surface area contributed by atoms with Crippen LogP contribution >= 0.6 is 0 Å². The molecule has 1 aromatic heterocycles. The molecule has 8 heteroatoms. The van der Waals surface area contributed by atoms with Crippen LogP contribution in [0.3, 0.4) is 0 Å². The van der Waals surface area contributed by atoms with Crippen molar-refractivity contribution in [1.82, 2.24) is 15.0 Å². The summed E-state index contributed by atoms with van der Waals surface area (Å²) in [5, 5.41) is 11.5. The summed E-state index contributed by atoms with van der Waals surface area (Å²) in [5.41, 5.74) is 5.54. The Hall–Kier alpha value is -1.67. The first kappa shape index (κ1) is 14.4. The molecule has 0 spiro atoms. The van der Waals surface area contributed by atoms with Crippen LogP contribution in [0.1, 0.15) is 13.8 Å². The number of nitrogens with one attached hydrogen (secondary N) is 1. The number of aliphatic hydroxyl groups excluding tert-OH is 1. The molecule has 0 bridgehead atoms. The average Bonchev–Trinajstić information content (AvgIpc) is 2.27. The molecule has 1 aromatic rings. The van der Waals surface area contributed by atoms with Gasteiger partial charge in [0.15, 0.2) is 0 Å². The lowest BCUT2D eigenvalue weighted by atomic mass is 10.5. The molecule has 102 valence electrons. The Labute approximate surface area is 106 Å². The van der Waals surface area contributed by atoms with E-state index in [1.807, 2.05) is 13.8 Å². The highest BCUT2D eigenvalue weighted by Crippen LogP contribution is 2.09. The van der Waals surface area contributed by atoms with Gasteiger partial charge < -0.3 is 25.6 Å². The summed E-state index contributed by atoms with van der Waals surface area (Å²) in [7, 11) is 0. The fourth-order valence-corrected chi connectivity index (χ4v) is 1.12. The van der Waals surface area contributed by atoms with Crippen molar-refractivity contribution in [1.29, 1.82) is 0 Å². The van der Waals surface area contributed by atoms with Gasteiger partial charge in [0.25, 0.3) is 0 Å². The zero-order chi connectivity index (χ0) is 13.4. The second-order valence-corrected chi connectivity index (χ2v) is 3.73. The van der Waals surface area contributed by atoms with E-state index in [0.29, 0.717) is 25.7 Å². The molecule has 0 amide bonds. The fraction of sp³-hybridized carbons (Fsp3) is 0.700. The fourth-order valence-electron chi connectivity index (χ4n) is 1.12. The normalized spacial score (nSPS) is 10.7. The number of aromatic nitrogens is 3. The molecule has 1 rings (SSSR count). The molecule has 0 aliphatic carbocycles. The van der Waals surface area contributed by atoms with Gasteiger partial charge in [-0.1, -0.05) is 0 Å². The van der Waals surface area contributed by atoms with Crippen molar-refractivity contribution < 1.29 is 14.6 Å². The molecule has 0 saturated heterocycles. The Kier molecular flexibility index (Phi) is 6.09. The van der Waals surface area contributed by atoms with E-state index in [2.05, 4.69) is 20.3 Å². The van der Waals surface area contributed by atoms with Gasteiger partial charge in [-0.3, -0.25) is 0 Å². The van der Waals surface area contributed by atoms with Crippen LogP contribution in [-0.4, -0.2) is 52.5 Å². The third kappa shape index (κ3) is 5.60. The summed E-state index contributed by atoms with van der Waals surface area (Å²) in [5.74, 6) is 0.435. The number of nitrogens with two attached hydrogens (primary N) is 1. The van der Waals surface area contributed by atoms with Gasteiger partial charge in [-0.25, -0.2) is 0 Å². The summed E-state index contributed by atoms with van der Waals surface area (Å²) >= 11 is 0. The summed E-state index contributed by atoms with van der Waals surface area (Å²) in [6.45, 7) is 5.00. The standard InChI is InChI=1S/C10H19N5O3/c1-7(2)18-10-14-8(11)13-9(15-10)12-3-5-17-6-4-16/h7,16H,3-6H2,1-2H3,(H3,11,12,13,14,15). The molecule has 0 aromatic carbocycles. The summed E-state index contributed by atoms with van der Waals surface area (Å²) in [6, 6.07) is 0.191. The van der Waals surface area contributed by atoms with Crippen LogP contribution in [0.15, 0.2) is 0 Å². The van der Waals surface area contributed by atoms with Crippen molar-refractivity contribution in [2.75, 3.05) is 37.4 Å². The Morgan fingerprint density at radius 3 is 2.72 bits per heavy atom. The first-order chi connectivity index (χ1) is 8.61. The van der Waals surface area contributed by atoms with E-state index in [1.165, 1.54) is 0 Å². The van der Waals surface area contributed by atoms with Crippen LogP contribution in [0.2, 0.25) is 0 Å². The average molecular weight is 257 g/mol. The third-order valence-corrected chi connectivity index (χ3v) is 1.74. The molecule has 0 saturated carbocycles. The van der Waals surface area contributed by atoms with E-state index < -0.39 is 0 Å². The Bertz CT molecular complexity index is 361. The SMILES string of the molecule is CC(C)Oc1nc(N)nc(NCCOCCO)n1. The van der Waals surface area contributed by atoms with E-state index in [-0.39, 0.29) is 24.7 Å². The third-order valence-electron chi connectivity index (χ3n) is 1.74. The van der Waals surface area contributed by atoms with Crippen molar-refractivity contribution in [2.24, 2.45) is 0 Å². The van der Waals surface area contributed by atoms with E-state index >= 15 is 0 Å². The Morgan fingerprint density at radius 2 is 2.06 bits per heavy atom. The minimum absolute atomic E-state index is 0.00504. The number of rotatable bonds is 8. The quantitative estimate of drug-likeness (QED) is 0.542. The van der Waals surface area contributed by atoms with E-state index in [1.54, 1.807) is 0 Å². The second kappa shape index (κ2) is 7.62. The van der Waals surface area contributed by atoms with Crippen molar-refractivity contribution in [2.45, 2.75) is 20.0 Å². The largest absolute Gasteiger partial charge is 0.461 e. The van der Waals surface area contributed by atoms with Gasteiger partial charge in [0.1, 0.15) is 0 Å². The molecule has 4 N–H and O–H groups in total. The highest BCUT2D eigenvalue weighted by molar-refractivity contribution is 5.32. The lowest BCUT2D eigenvalue weighted by Gasteiger charge is -2.10. The van der Waals surface area contributed by atoms with Crippen molar-refractivity contribution in [3.05, 3.63) is 0 Å². The van der Waals surface area contributed by atoms with E-state index in [0.717, 1.165) is 0 Å². The molecule has 0 unspecified atom stereocenters. The first-order valence-electron chi connectivity index (χ1n) is 5.72. The van der Waals surface area contributed by atoms with Crippen LogP contribution in [0, 0.1) is 0 Å². The van der Waals surface area contributed by atoms with Crippen LogP contribution in [0.5, 0.6) is 6.01 Å². The highest BCUT2D eigenvalue weighted by atomic mass is 16.5. The maximum Gasteiger partial charge on any atom is 0.323 e. The van der Waals surface area contributed by atoms with Gasteiger partial charge in [-0.2, -0.15) is 15.0 Å². The molecule has 8 nitrogen and oxygen atoms in total. The zero-order valence-corrected chi connectivity index (χ0v) is 10.6. The zero-order valence-electron chi connectivity index (χ0n) is 10.6. The van der Waals surface area contributed by atoms with E-state index in [9.17, 15) is 0 Å². The number of anilines is 2. The molecule has 1 heterocycles. The number of ether oxygens (including phenoxy) is 2. The predicted octanol–water partition coefficient (Wildman–Crippen LogP) is -0.338. The van der Waals surface area contributed by atoms with E-state index in [4.69, 9.17) is 20.3 Å². The topological polar surface area (TPSA) is 115 Å². The number of hydrogen-bond acceptors (Lipinski definition) is 8. The van der Waals surface area contributed by atoms with Crippen LogP contribution in [-0.2, 0) is 4.74 Å². The molecule has 18 heavy (non-hydrogen) atoms. The smallest absolute Gasteiger partial charge is 0.323 e. The number of aliphatic hydroxyl groups is 1. The molecule has 0 atom stereocenters. The summed E-state index contributed by atoms with van der Waals surface area (Å²) < 4.78 is 10.4. The van der Waals surface area contributed by atoms with Gasteiger partial charge in [0.05, 0.1) is 25.9 Å². The molecule has 0 aliphatic rings. The van der Waals surface area contributed by atoms with Gasteiger partial charge in [0, 0.05) is 6.54 Å². The monoisotopic (exact) mass is 257 g/mol. The summed E-state index contributed by atoms with van der Waals surface area (Å²) in [6.07, 6.45) is -0.0347. The lowest BCUT2D eigenvalue weighted by Crippen LogP contribution is -2.16. The lowest BCUT2D eigenvalue weighted by molar-refractivity contribution is 0.0991. The van der Waals surface area contributed by atoms with Crippen LogP contribution in [0.4, 0.5) is 11.9 Å². The molecule has 0 fully saturated rings. The summed E-state index contributed by atoms with van der Waals surface area (Å²) in [4.78, 5) is 11.8. The minimum Gasteiger partial charge on any atom is -0.461 e. The Morgan fingerprint density at radius 1 is 1.28 bits per heavy atom. The van der Waals surface area contributed by atoms with Gasteiger partial charge >= 0.3 is 6.01 Å². The second-order valence-electron chi connectivity index (χ2n) is 3.73. The number of nitrogens with zero attached hydrogens (tertiary/aromatic N) is 3. The first-order valence-corrected chi connectivity index (χ1v) is 5.72. The number of nitrogen functional groups attached to an aromatic ring is 1. The molecule has 0 aliphatic heterocycles. The molecular weight excluding hydrogens is 238 g/mol. The van der Waals surface area contributed by atoms with Gasteiger partial charge in [-0.05, 0) is 13.8 Å². The van der Waals surface area contributed by atoms with Gasteiger partial charge in [0.2, 0.25) is 11.9 Å². The minimum atomic E-state index is -0.0347. The van der Waals surface area contributed by atoms with Crippen LogP contribution < -0.4 is 15.8 Å². The van der Waals surface area contributed by atoms with Crippen molar-refractivity contribution >= 4 is 11.9 Å². The van der Waals surface area contributed by atoms with Gasteiger partial charge in [-0.15, -0.1) is 0 Å². The maximum atomic E-state index is 8.53. The maximum absolute atomic E-state index is 8.53. The predicted molar refractivity (Wildman–Crippen MR) is 66.4 cm³/mol. The van der Waals surface area contributed by atoms with Crippen molar-refractivity contribution in [3.8, 4) is 6.01 Å².